The second kappa shape index (κ2) is 9.20. The number of hydrogen-bond donors (Lipinski definition) is 3. The van der Waals surface area contributed by atoms with Gasteiger partial charge in [-0.05, 0) is 70.4 Å². The predicted molar refractivity (Wildman–Crippen MR) is 149 cm³/mol. The summed E-state index contributed by atoms with van der Waals surface area (Å²) in [5, 5.41) is 10.6. The summed E-state index contributed by atoms with van der Waals surface area (Å²) < 4.78 is 0. The Kier molecular flexibility index (Phi) is 6.19. The van der Waals surface area contributed by atoms with E-state index >= 15 is 0 Å². The van der Waals surface area contributed by atoms with Crippen LogP contribution in [0.25, 0.3) is 0 Å². The molecule has 5 atom stereocenters. The molecule has 202 valence electrons. The minimum Gasteiger partial charge on any atom is -0.351 e. The van der Waals surface area contributed by atoms with Gasteiger partial charge in [0.2, 0.25) is 11.8 Å². The van der Waals surface area contributed by atoms with E-state index in [1.165, 1.54) is 11.1 Å². The van der Waals surface area contributed by atoms with Gasteiger partial charge in [0, 0.05) is 48.1 Å². The summed E-state index contributed by atoms with van der Waals surface area (Å²) in [6.45, 7) is 10.5. The molecular weight excluding hydrogens is 472 g/mol. The Hall–Kier alpha value is -2.70. The second-order valence-electron chi connectivity index (χ2n) is 13.6. The van der Waals surface area contributed by atoms with Crippen molar-refractivity contribution in [1.82, 2.24) is 20.9 Å². The SMILES string of the molecule is CC1(C)CC(NC(=O)[C@]23NC(=O)[C@@H]4C[C@H]2CN(Cc2ccccc2)[C@H]3[C@@H]4Cc2ccccc2)CC(C)(C)N1. The fourth-order valence-corrected chi connectivity index (χ4v) is 8.64. The predicted octanol–water partition coefficient (Wildman–Crippen LogP) is 3.66. The molecule has 7 rings (SSSR count). The molecule has 4 aliphatic heterocycles. The lowest BCUT2D eigenvalue weighted by Crippen LogP contribution is -2.78. The molecule has 4 saturated heterocycles. The van der Waals surface area contributed by atoms with Crippen molar-refractivity contribution in [3.05, 3.63) is 71.8 Å². The highest BCUT2D eigenvalue weighted by atomic mass is 16.2. The Morgan fingerprint density at radius 3 is 2.18 bits per heavy atom. The lowest BCUT2D eigenvalue weighted by atomic mass is 9.57. The summed E-state index contributed by atoms with van der Waals surface area (Å²) >= 11 is 0. The fraction of sp³-hybridized carbons (Fsp3) is 0.562. The molecule has 2 aromatic rings. The lowest BCUT2D eigenvalue weighted by molar-refractivity contribution is -0.155. The average Bonchev–Trinajstić information content (AvgIpc) is 3.06. The van der Waals surface area contributed by atoms with E-state index in [-0.39, 0.29) is 52.7 Å². The van der Waals surface area contributed by atoms with Crippen LogP contribution in [0.1, 0.15) is 58.1 Å². The van der Waals surface area contributed by atoms with Gasteiger partial charge in [0.25, 0.3) is 0 Å². The number of likely N-dealkylation sites (tertiary alicyclic amines) is 1. The van der Waals surface area contributed by atoms with Gasteiger partial charge >= 0.3 is 0 Å². The van der Waals surface area contributed by atoms with Crippen LogP contribution in [0.15, 0.2) is 60.7 Å². The fourth-order valence-electron chi connectivity index (χ4n) is 8.64. The van der Waals surface area contributed by atoms with Crippen molar-refractivity contribution in [1.29, 1.82) is 0 Å². The zero-order valence-corrected chi connectivity index (χ0v) is 23.2. The number of rotatable bonds is 6. The van der Waals surface area contributed by atoms with Crippen LogP contribution in [0, 0.1) is 17.8 Å². The zero-order chi connectivity index (χ0) is 26.7. The zero-order valence-electron chi connectivity index (χ0n) is 23.2. The molecular formula is C32H42N4O2. The molecule has 0 aromatic heterocycles. The molecule has 38 heavy (non-hydrogen) atoms. The third-order valence-electron chi connectivity index (χ3n) is 9.53. The number of nitrogens with zero attached hydrogens (tertiary/aromatic N) is 1. The molecule has 2 amide bonds. The summed E-state index contributed by atoms with van der Waals surface area (Å²) in [7, 11) is 0. The normalized spacial score (nSPS) is 33.6. The van der Waals surface area contributed by atoms with Gasteiger partial charge in [-0.3, -0.25) is 14.5 Å². The largest absolute Gasteiger partial charge is 0.351 e. The maximum Gasteiger partial charge on any atom is 0.247 e. The van der Waals surface area contributed by atoms with Crippen LogP contribution in [0.2, 0.25) is 0 Å². The van der Waals surface area contributed by atoms with E-state index in [9.17, 15) is 9.59 Å². The number of fused-ring (bicyclic) bond motifs is 1. The third-order valence-corrected chi connectivity index (χ3v) is 9.53. The minimum atomic E-state index is -0.890. The Morgan fingerprint density at radius 1 is 0.947 bits per heavy atom. The summed E-state index contributed by atoms with van der Waals surface area (Å²) in [5.74, 6) is 0.235. The minimum absolute atomic E-state index is 0.0196. The highest BCUT2D eigenvalue weighted by molar-refractivity contribution is 5.97. The first-order valence-corrected chi connectivity index (χ1v) is 14.3. The number of piperidine rings is 3. The maximum absolute atomic E-state index is 14.5. The van der Waals surface area contributed by atoms with Gasteiger partial charge in [0.05, 0.1) is 0 Å². The Balaban J connectivity index is 1.35. The van der Waals surface area contributed by atoms with Crippen molar-refractivity contribution in [3.63, 3.8) is 0 Å². The van der Waals surface area contributed by atoms with Crippen molar-refractivity contribution in [2.45, 2.75) is 88.6 Å². The van der Waals surface area contributed by atoms with E-state index < -0.39 is 5.54 Å². The molecule has 4 heterocycles. The Bertz CT molecular complexity index is 1180. The van der Waals surface area contributed by atoms with Gasteiger partial charge in [-0.15, -0.1) is 0 Å². The van der Waals surface area contributed by atoms with Crippen LogP contribution in [0.5, 0.6) is 0 Å². The Morgan fingerprint density at radius 2 is 1.55 bits per heavy atom. The van der Waals surface area contributed by atoms with E-state index in [0.717, 1.165) is 38.8 Å². The van der Waals surface area contributed by atoms with Crippen LogP contribution in [0.3, 0.4) is 0 Å². The lowest BCUT2D eigenvalue weighted by Gasteiger charge is -2.56. The molecule has 6 heteroatoms. The smallest absolute Gasteiger partial charge is 0.247 e. The van der Waals surface area contributed by atoms with Gasteiger partial charge < -0.3 is 16.0 Å². The standard InChI is InChI=1S/C32H42N4O2/c1-30(2)17-24(18-31(3,4)35-30)33-29(38)32-23-16-26(28(37)34-32)25(15-21-11-7-5-8-12-21)27(32)36(20-23)19-22-13-9-6-10-14-22/h5-14,23-27,35H,15-20H2,1-4H3,(H,33,38)(H,34,37)/t23-,25+,26+,27-,32-/m0/s1. The van der Waals surface area contributed by atoms with Crippen LogP contribution < -0.4 is 16.0 Å². The first-order valence-electron chi connectivity index (χ1n) is 14.3. The summed E-state index contributed by atoms with van der Waals surface area (Å²) in [6, 6.07) is 21.0. The molecule has 6 nitrogen and oxygen atoms in total. The van der Waals surface area contributed by atoms with Crippen molar-refractivity contribution >= 4 is 11.8 Å². The molecule has 2 aromatic carbocycles. The molecule has 1 saturated carbocycles. The van der Waals surface area contributed by atoms with Crippen LogP contribution in [-0.4, -0.2) is 52.0 Å². The van der Waals surface area contributed by atoms with E-state index in [2.05, 4.69) is 97.1 Å². The van der Waals surface area contributed by atoms with Gasteiger partial charge in [0.15, 0.2) is 0 Å². The molecule has 4 bridgehead atoms. The number of amides is 2. The molecule has 5 fully saturated rings. The van der Waals surface area contributed by atoms with Gasteiger partial charge in [-0.1, -0.05) is 60.7 Å². The summed E-state index contributed by atoms with van der Waals surface area (Å²) in [6.07, 6.45) is 3.32. The molecule has 0 spiro atoms. The number of carbonyl (C=O) groups excluding carboxylic acids is 2. The topological polar surface area (TPSA) is 73.5 Å². The van der Waals surface area contributed by atoms with Crippen LogP contribution in [0.4, 0.5) is 0 Å². The highest BCUT2D eigenvalue weighted by Gasteiger charge is 2.70. The molecule has 1 aliphatic carbocycles. The molecule has 0 unspecified atom stereocenters. The van der Waals surface area contributed by atoms with Crippen molar-refractivity contribution in [2.75, 3.05) is 6.54 Å². The first-order chi connectivity index (χ1) is 18.1. The molecule has 5 aliphatic rings. The first kappa shape index (κ1) is 25.6. The average molecular weight is 515 g/mol. The number of benzene rings is 2. The van der Waals surface area contributed by atoms with E-state index in [4.69, 9.17) is 0 Å². The van der Waals surface area contributed by atoms with Crippen LogP contribution >= 0.6 is 0 Å². The van der Waals surface area contributed by atoms with Gasteiger partial charge in [0.1, 0.15) is 5.54 Å². The Labute approximate surface area is 226 Å². The summed E-state index contributed by atoms with van der Waals surface area (Å²) in [4.78, 5) is 30.5. The second-order valence-corrected chi connectivity index (χ2v) is 13.6. The van der Waals surface area contributed by atoms with E-state index in [1.54, 1.807) is 0 Å². The number of hydrogen-bond acceptors (Lipinski definition) is 4. The van der Waals surface area contributed by atoms with Gasteiger partial charge in [-0.2, -0.15) is 0 Å². The van der Waals surface area contributed by atoms with Crippen LogP contribution in [-0.2, 0) is 22.6 Å². The molecule has 0 radical (unpaired) electrons. The van der Waals surface area contributed by atoms with Gasteiger partial charge in [-0.25, -0.2) is 0 Å². The van der Waals surface area contributed by atoms with Crippen molar-refractivity contribution < 1.29 is 9.59 Å². The van der Waals surface area contributed by atoms with E-state index in [0.29, 0.717) is 0 Å². The maximum atomic E-state index is 14.5. The van der Waals surface area contributed by atoms with Crippen molar-refractivity contribution in [2.24, 2.45) is 17.8 Å². The number of nitrogens with one attached hydrogen (secondary N) is 3. The molecule has 3 N–H and O–H groups in total. The quantitative estimate of drug-likeness (QED) is 0.550. The number of carbonyl (C=O) groups is 2. The highest BCUT2D eigenvalue weighted by Crippen LogP contribution is 2.54. The van der Waals surface area contributed by atoms with Crippen molar-refractivity contribution in [3.8, 4) is 0 Å². The van der Waals surface area contributed by atoms with E-state index in [1.807, 2.05) is 12.1 Å². The summed E-state index contributed by atoms with van der Waals surface area (Å²) in [5.41, 5.74) is 1.45. The monoisotopic (exact) mass is 514 g/mol. The third kappa shape index (κ3) is 4.46.